The monoisotopic (exact) mass is 310 g/mol. The first-order valence-corrected chi connectivity index (χ1v) is 10.0. The minimum Gasteiger partial charge on any atom is -0.303 e. The van der Waals surface area contributed by atoms with Gasteiger partial charge in [0.05, 0.1) is 0 Å². The summed E-state index contributed by atoms with van der Waals surface area (Å²) in [5.41, 5.74) is 0. The molecule has 0 spiro atoms. The summed E-state index contributed by atoms with van der Waals surface area (Å²) in [5, 5.41) is 0. The van der Waals surface area contributed by atoms with E-state index < -0.39 is 0 Å². The van der Waals surface area contributed by atoms with E-state index in [1.165, 1.54) is 65.0 Å². The molecule has 2 aliphatic rings. The van der Waals surface area contributed by atoms with Crippen LogP contribution in [0.25, 0.3) is 0 Å². The lowest BCUT2D eigenvalue weighted by molar-refractivity contribution is 0.0757. The Labute approximate surface area is 140 Å². The van der Waals surface area contributed by atoms with Crippen molar-refractivity contribution in [2.75, 3.05) is 39.3 Å². The number of hydrogen-bond acceptors (Lipinski definition) is 2. The SMILES string of the molecule is CC.CCC1CCN(CC2CCN(CC(C)C)CC2C)CC1. The molecule has 2 nitrogen and oxygen atoms in total. The summed E-state index contributed by atoms with van der Waals surface area (Å²) < 4.78 is 0. The fourth-order valence-corrected chi connectivity index (χ4v) is 4.14. The van der Waals surface area contributed by atoms with Crippen LogP contribution in [0.2, 0.25) is 0 Å². The summed E-state index contributed by atoms with van der Waals surface area (Å²) in [6, 6.07) is 0. The van der Waals surface area contributed by atoms with E-state index in [9.17, 15) is 0 Å². The smallest absolute Gasteiger partial charge is 0.00132 e. The molecule has 2 unspecified atom stereocenters. The summed E-state index contributed by atoms with van der Waals surface area (Å²) in [6.07, 6.45) is 5.69. The highest BCUT2D eigenvalue weighted by Gasteiger charge is 2.28. The van der Waals surface area contributed by atoms with Crippen LogP contribution in [0.3, 0.4) is 0 Å². The van der Waals surface area contributed by atoms with Crippen LogP contribution in [-0.2, 0) is 0 Å². The minimum absolute atomic E-state index is 0.812. The fourth-order valence-electron chi connectivity index (χ4n) is 4.14. The van der Waals surface area contributed by atoms with Crippen molar-refractivity contribution in [3.63, 3.8) is 0 Å². The second kappa shape index (κ2) is 10.6. The van der Waals surface area contributed by atoms with Crippen molar-refractivity contribution in [2.45, 2.75) is 67.2 Å². The molecule has 0 aromatic carbocycles. The second-order valence-corrected chi connectivity index (χ2v) is 7.83. The molecule has 0 aromatic rings. The third kappa shape index (κ3) is 6.58. The Bertz CT molecular complexity index is 269. The quantitative estimate of drug-likeness (QED) is 0.723. The number of nitrogens with zero attached hydrogens (tertiary/aromatic N) is 2. The maximum atomic E-state index is 2.76. The van der Waals surface area contributed by atoms with Crippen molar-refractivity contribution in [2.24, 2.45) is 23.7 Å². The summed E-state index contributed by atoms with van der Waals surface area (Å²) in [5.74, 6) is 3.64. The predicted molar refractivity (Wildman–Crippen MR) is 99.4 cm³/mol. The van der Waals surface area contributed by atoms with Crippen molar-refractivity contribution < 1.29 is 0 Å². The summed E-state index contributed by atoms with van der Waals surface area (Å²) >= 11 is 0. The van der Waals surface area contributed by atoms with Crippen molar-refractivity contribution in [1.29, 1.82) is 0 Å². The number of likely N-dealkylation sites (tertiary alicyclic amines) is 2. The Balaban J connectivity index is 0.00000116. The standard InChI is InChI=1S/C18H36N2.C2H6/c1-5-17-6-9-19(10-7-17)14-18-8-11-20(12-15(2)3)13-16(18)4;1-2/h15-18H,5-14H2,1-4H3;1-2H3. The van der Waals surface area contributed by atoms with Crippen LogP contribution in [0.5, 0.6) is 0 Å². The normalized spacial score (nSPS) is 28.5. The molecule has 0 aliphatic carbocycles. The molecule has 2 atom stereocenters. The maximum Gasteiger partial charge on any atom is 0.00132 e. The van der Waals surface area contributed by atoms with E-state index in [-0.39, 0.29) is 0 Å². The first kappa shape index (κ1) is 20.0. The minimum atomic E-state index is 0.812. The van der Waals surface area contributed by atoms with Crippen LogP contribution in [-0.4, -0.2) is 49.1 Å². The van der Waals surface area contributed by atoms with Crippen LogP contribution in [0.15, 0.2) is 0 Å². The molecule has 0 bridgehead atoms. The molecule has 2 aliphatic heterocycles. The van der Waals surface area contributed by atoms with Gasteiger partial charge in [0, 0.05) is 19.6 Å². The summed E-state index contributed by atoms with van der Waals surface area (Å²) in [6.45, 7) is 21.6. The van der Waals surface area contributed by atoms with E-state index in [4.69, 9.17) is 0 Å². The van der Waals surface area contributed by atoms with E-state index in [0.717, 1.165) is 23.7 Å². The van der Waals surface area contributed by atoms with Gasteiger partial charge in [-0.15, -0.1) is 0 Å². The van der Waals surface area contributed by atoms with Gasteiger partial charge >= 0.3 is 0 Å². The lowest BCUT2D eigenvalue weighted by Crippen LogP contribution is -2.46. The molecule has 0 aromatic heterocycles. The zero-order chi connectivity index (χ0) is 16.5. The predicted octanol–water partition coefficient (Wildman–Crippen LogP) is 4.75. The average molecular weight is 311 g/mol. The van der Waals surface area contributed by atoms with Crippen LogP contribution in [0.1, 0.15) is 67.2 Å². The van der Waals surface area contributed by atoms with Gasteiger partial charge in [0.1, 0.15) is 0 Å². The van der Waals surface area contributed by atoms with Gasteiger partial charge in [0.15, 0.2) is 0 Å². The van der Waals surface area contributed by atoms with Crippen LogP contribution < -0.4 is 0 Å². The zero-order valence-corrected chi connectivity index (χ0v) is 16.3. The highest BCUT2D eigenvalue weighted by atomic mass is 15.2. The number of rotatable bonds is 5. The molecule has 0 saturated carbocycles. The fraction of sp³-hybridized carbons (Fsp3) is 1.00. The number of hydrogen-bond donors (Lipinski definition) is 0. The largest absolute Gasteiger partial charge is 0.303 e. The molecule has 2 heterocycles. The van der Waals surface area contributed by atoms with Crippen LogP contribution in [0, 0.1) is 23.7 Å². The third-order valence-corrected chi connectivity index (χ3v) is 5.57. The van der Waals surface area contributed by atoms with Gasteiger partial charge in [-0.05, 0) is 62.6 Å². The van der Waals surface area contributed by atoms with Crippen molar-refractivity contribution in [3.05, 3.63) is 0 Å². The van der Waals surface area contributed by atoms with Crippen LogP contribution >= 0.6 is 0 Å². The Hall–Kier alpha value is -0.0800. The summed E-state index contributed by atoms with van der Waals surface area (Å²) in [4.78, 5) is 5.45. The van der Waals surface area contributed by atoms with Gasteiger partial charge in [0.2, 0.25) is 0 Å². The molecule has 2 fully saturated rings. The van der Waals surface area contributed by atoms with Gasteiger partial charge in [0.25, 0.3) is 0 Å². The molecule has 2 heteroatoms. The third-order valence-electron chi connectivity index (χ3n) is 5.57. The first-order chi connectivity index (χ1) is 10.6. The van der Waals surface area contributed by atoms with E-state index >= 15 is 0 Å². The van der Waals surface area contributed by atoms with Gasteiger partial charge in [-0.2, -0.15) is 0 Å². The Kier molecular flexibility index (Phi) is 9.66. The van der Waals surface area contributed by atoms with Crippen molar-refractivity contribution >= 4 is 0 Å². The Morgan fingerprint density at radius 1 is 0.955 bits per heavy atom. The Morgan fingerprint density at radius 2 is 1.55 bits per heavy atom. The second-order valence-electron chi connectivity index (χ2n) is 7.83. The molecule has 0 radical (unpaired) electrons. The van der Waals surface area contributed by atoms with Gasteiger partial charge in [-0.1, -0.05) is 48.0 Å². The highest BCUT2D eigenvalue weighted by Crippen LogP contribution is 2.27. The van der Waals surface area contributed by atoms with Gasteiger partial charge < -0.3 is 9.80 Å². The molecule has 0 N–H and O–H groups in total. The average Bonchev–Trinajstić information content (AvgIpc) is 2.52. The molecule has 22 heavy (non-hydrogen) atoms. The molecule has 0 amide bonds. The molecular weight excluding hydrogens is 268 g/mol. The molecular formula is C20H42N2. The van der Waals surface area contributed by atoms with E-state index in [1.807, 2.05) is 13.8 Å². The maximum absolute atomic E-state index is 2.76. The van der Waals surface area contributed by atoms with E-state index in [1.54, 1.807) is 0 Å². The van der Waals surface area contributed by atoms with Crippen molar-refractivity contribution in [1.82, 2.24) is 9.80 Å². The molecule has 132 valence electrons. The topological polar surface area (TPSA) is 6.48 Å². The van der Waals surface area contributed by atoms with Gasteiger partial charge in [-0.3, -0.25) is 0 Å². The van der Waals surface area contributed by atoms with E-state index in [2.05, 4.69) is 37.5 Å². The lowest BCUT2D eigenvalue weighted by atomic mass is 9.85. The van der Waals surface area contributed by atoms with E-state index in [0.29, 0.717) is 0 Å². The summed E-state index contributed by atoms with van der Waals surface area (Å²) in [7, 11) is 0. The molecule has 2 saturated heterocycles. The Morgan fingerprint density at radius 3 is 2.05 bits per heavy atom. The highest BCUT2D eigenvalue weighted by molar-refractivity contribution is 4.82. The number of piperidine rings is 2. The van der Waals surface area contributed by atoms with Crippen LogP contribution in [0.4, 0.5) is 0 Å². The van der Waals surface area contributed by atoms with Gasteiger partial charge in [-0.25, -0.2) is 0 Å². The lowest BCUT2D eigenvalue weighted by Gasteiger charge is -2.41. The van der Waals surface area contributed by atoms with Crippen molar-refractivity contribution in [3.8, 4) is 0 Å². The first-order valence-electron chi connectivity index (χ1n) is 10.0. The molecule has 2 rings (SSSR count). The zero-order valence-electron chi connectivity index (χ0n) is 16.3.